The van der Waals surface area contributed by atoms with E-state index < -0.39 is 0 Å². The molecule has 0 saturated carbocycles. The van der Waals surface area contributed by atoms with Crippen LogP contribution in [0.4, 0.5) is 5.69 Å². The standard InChI is InChI=1S/C21H26ClN7S/c1-16-18(12-26(2)25-16)13-27-7-9-28(10-8-27)21(30)24-19-11-23-29(15-19)14-17-5-3-4-6-20(17)22/h3-6,11-12,15H,7-10,13-14H2,1-2H3,(H,24,30). The van der Waals surface area contributed by atoms with Gasteiger partial charge < -0.3 is 10.2 Å². The summed E-state index contributed by atoms with van der Waals surface area (Å²) in [6, 6.07) is 7.81. The van der Waals surface area contributed by atoms with Crippen LogP contribution in [0.5, 0.6) is 0 Å². The van der Waals surface area contributed by atoms with Crippen molar-refractivity contribution in [2.24, 2.45) is 7.05 Å². The van der Waals surface area contributed by atoms with Crippen LogP contribution in [0.1, 0.15) is 16.8 Å². The average Bonchev–Trinajstić information content (AvgIpc) is 3.29. The van der Waals surface area contributed by atoms with Crippen molar-refractivity contribution in [2.75, 3.05) is 31.5 Å². The molecule has 4 rings (SSSR count). The minimum atomic E-state index is 0.626. The minimum Gasteiger partial charge on any atom is -0.346 e. The van der Waals surface area contributed by atoms with Crippen molar-refractivity contribution in [3.05, 3.63) is 64.7 Å². The molecule has 9 heteroatoms. The highest BCUT2D eigenvalue weighted by molar-refractivity contribution is 7.80. The van der Waals surface area contributed by atoms with E-state index in [0.717, 1.165) is 59.8 Å². The van der Waals surface area contributed by atoms with Crippen molar-refractivity contribution in [3.8, 4) is 0 Å². The highest BCUT2D eigenvalue weighted by Crippen LogP contribution is 2.17. The zero-order valence-electron chi connectivity index (χ0n) is 17.3. The quantitative estimate of drug-likeness (QED) is 0.611. The summed E-state index contributed by atoms with van der Waals surface area (Å²) in [5.74, 6) is 0. The maximum atomic E-state index is 6.25. The smallest absolute Gasteiger partial charge is 0.173 e. The number of benzene rings is 1. The molecular formula is C21H26ClN7S. The second kappa shape index (κ2) is 9.16. The number of piperazine rings is 1. The normalized spacial score (nSPS) is 14.8. The number of hydrogen-bond acceptors (Lipinski definition) is 4. The first-order valence-electron chi connectivity index (χ1n) is 10.0. The van der Waals surface area contributed by atoms with E-state index in [0.29, 0.717) is 6.54 Å². The molecule has 2 aromatic heterocycles. The Morgan fingerprint density at radius 1 is 1.10 bits per heavy atom. The first-order valence-corrected chi connectivity index (χ1v) is 10.8. The van der Waals surface area contributed by atoms with Gasteiger partial charge in [-0.2, -0.15) is 10.2 Å². The van der Waals surface area contributed by atoms with Crippen LogP contribution >= 0.6 is 23.8 Å². The number of hydrogen-bond donors (Lipinski definition) is 1. The van der Waals surface area contributed by atoms with Crippen LogP contribution in [0.3, 0.4) is 0 Å². The van der Waals surface area contributed by atoms with Gasteiger partial charge in [-0.1, -0.05) is 29.8 Å². The summed E-state index contributed by atoms with van der Waals surface area (Å²) < 4.78 is 3.74. The second-order valence-corrected chi connectivity index (χ2v) is 8.42. The molecule has 1 aliphatic rings. The summed E-state index contributed by atoms with van der Waals surface area (Å²) >= 11 is 11.9. The predicted molar refractivity (Wildman–Crippen MR) is 124 cm³/mol. The van der Waals surface area contributed by atoms with Gasteiger partial charge in [-0.3, -0.25) is 14.3 Å². The third-order valence-electron chi connectivity index (χ3n) is 5.34. The monoisotopic (exact) mass is 443 g/mol. The number of anilines is 1. The van der Waals surface area contributed by atoms with Gasteiger partial charge in [0.2, 0.25) is 0 Å². The van der Waals surface area contributed by atoms with Gasteiger partial charge in [0.25, 0.3) is 0 Å². The molecule has 0 bridgehead atoms. The molecule has 1 fully saturated rings. The number of thiocarbonyl (C=S) groups is 1. The Morgan fingerprint density at radius 2 is 1.87 bits per heavy atom. The van der Waals surface area contributed by atoms with Gasteiger partial charge >= 0.3 is 0 Å². The fraction of sp³-hybridized carbons (Fsp3) is 0.381. The van der Waals surface area contributed by atoms with E-state index in [1.165, 1.54) is 5.56 Å². The Kier molecular flexibility index (Phi) is 6.36. The summed E-state index contributed by atoms with van der Waals surface area (Å²) in [7, 11) is 1.97. The topological polar surface area (TPSA) is 54.2 Å². The molecule has 1 aromatic carbocycles. The molecule has 1 aliphatic heterocycles. The van der Waals surface area contributed by atoms with Crippen LogP contribution in [-0.4, -0.2) is 60.7 Å². The zero-order chi connectivity index (χ0) is 21.1. The largest absolute Gasteiger partial charge is 0.346 e. The Hall–Kier alpha value is -2.42. The SMILES string of the molecule is Cc1nn(C)cc1CN1CCN(C(=S)Nc2cnn(Cc3ccccc3Cl)c2)CC1. The van der Waals surface area contributed by atoms with Gasteiger partial charge in [-0.25, -0.2) is 0 Å². The van der Waals surface area contributed by atoms with Crippen molar-refractivity contribution < 1.29 is 0 Å². The van der Waals surface area contributed by atoms with E-state index in [1.807, 2.05) is 46.9 Å². The van der Waals surface area contributed by atoms with Gasteiger partial charge in [-0.15, -0.1) is 0 Å². The third kappa shape index (κ3) is 5.00. The number of nitrogens with zero attached hydrogens (tertiary/aromatic N) is 6. The third-order valence-corrected chi connectivity index (χ3v) is 6.07. The van der Waals surface area contributed by atoms with Gasteiger partial charge in [0.15, 0.2) is 5.11 Å². The van der Waals surface area contributed by atoms with Crippen molar-refractivity contribution in [1.82, 2.24) is 29.4 Å². The molecule has 0 amide bonds. The van der Waals surface area contributed by atoms with Crippen LogP contribution in [-0.2, 0) is 20.1 Å². The van der Waals surface area contributed by atoms with E-state index in [9.17, 15) is 0 Å². The molecule has 0 unspecified atom stereocenters. The van der Waals surface area contributed by atoms with Crippen LogP contribution < -0.4 is 5.32 Å². The van der Waals surface area contributed by atoms with Gasteiger partial charge in [0.1, 0.15) is 0 Å². The summed E-state index contributed by atoms with van der Waals surface area (Å²) in [6.07, 6.45) is 5.86. The molecule has 7 nitrogen and oxygen atoms in total. The molecule has 0 aliphatic carbocycles. The number of rotatable bonds is 5. The lowest BCUT2D eigenvalue weighted by molar-refractivity contribution is 0.176. The Bertz CT molecular complexity index is 1020. The minimum absolute atomic E-state index is 0.626. The van der Waals surface area contributed by atoms with Crippen LogP contribution in [0.2, 0.25) is 5.02 Å². The molecule has 30 heavy (non-hydrogen) atoms. The van der Waals surface area contributed by atoms with Crippen LogP contribution in [0, 0.1) is 6.92 Å². The molecular weight excluding hydrogens is 418 g/mol. The fourth-order valence-corrected chi connectivity index (χ4v) is 4.17. The number of nitrogens with one attached hydrogen (secondary N) is 1. The Morgan fingerprint density at radius 3 is 2.57 bits per heavy atom. The fourth-order valence-electron chi connectivity index (χ4n) is 3.67. The predicted octanol–water partition coefficient (Wildman–Crippen LogP) is 3.14. The summed E-state index contributed by atoms with van der Waals surface area (Å²) in [4.78, 5) is 4.66. The lowest BCUT2D eigenvalue weighted by Crippen LogP contribution is -2.49. The van der Waals surface area contributed by atoms with Crippen LogP contribution in [0.25, 0.3) is 0 Å². The second-order valence-electron chi connectivity index (χ2n) is 7.62. The molecule has 1 N–H and O–H groups in total. The first kappa shape index (κ1) is 20.8. The maximum absolute atomic E-state index is 6.25. The van der Waals surface area contributed by atoms with Crippen molar-refractivity contribution >= 4 is 34.6 Å². The van der Waals surface area contributed by atoms with E-state index >= 15 is 0 Å². The number of aromatic nitrogens is 4. The summed E-state index contributed by atoms with van der Waals surface area (Å²) in [5, 5.41) is 13.7. The lowest BCUT2D eigenvalue weighted by atomic mass is 10.2. The maximum Gasteiger partial charge on any atom is 0.173 e. The summed E-state index contributed by atoms with van der Waals surface area (Å²) in [5.41, 5.74) is 4.32. The van der Waals surface area contributed by atoms with Crippen molar-refractivity contribution in [1.29, 1.82) is 0 Å². The first-order chi connectivity index (χ1) is 14.5. The highest BCUT2D eigenvalue weighted by atomic mass is 35.5. The number of aryl methyl sites for hydroxylation is 2. The van der Waals surface area contributed by atoms with Crippen molar-refractivity contribution in [3.63, 3.8) is 0 Å². The molecule has 1 saturated heterocycles. The van der Waals surface area contributed by atoms with E-state index in [1.54, 1.807) is 6.20 Å². The molecule has 0 radical (unpaired) electrons. The highest BCUT2D eigenvalue weighted by Gasteiger charge is 2.20. The molecule has 3 aromatic rings. The Labute approximate surface area is 187 Å². The van der Waals surface area contributed by atoms with Gasteiger partial charge in [0, 0.05) is 62.8 Å². The van der Waals surface area contributed by atoms with E-state index in [4.69, 9.17) is 23.8 Å². The lowest BCUT2D eigenvalue weighted by Gasteiger charge is -2.36. The molecule has 0 spiro atoms. The molecule has 158 valence electrons. The Balaban J connectivity index is 1.27. The van der Waals surface area contributed by atoms with E-state index in [2.05, 4.69) is 38.4 Å². The van der Waals surface area contributed by atoms with Gasteiger partial charge in [0.05, 0.1) is 24.1 Å². The van der Waals surface area contributed by atoms with Crippen LogP contribution in [0.15, 0.2) is 42.9 Å². The molecule has 0 atom stereocenters. The number of halogens is 1. The van der Waals surface area contributed by atoms with Gasteiger partial charge in [-0.05, 0) is 30.8 Å². The molecule has 3 heterocycles. The van der Waals surface area contributed by atoms with E-state index in [-0.39, 0.29) is 0 Å². The van der Waals surface area contributed by atoms with Crippen molar-refractivity contribution in [2.45, 2.75) is 20.0 Å². The average molecular weight is 444 g/mol. The summed E-state index contributed by atoms with van der Waals surface area (Å²) in [6.45, 7) is 7.38. The zero-order valence-corrected chi connectivity index (χ0v) is 18.8.